The van der Waals surface area contributed by atoms with E-state index in [2.05, 4.69) is 73.4 Å². The molecule has 1 heterocycles. The highest BCUT2D eigenvalue weighted by atomic mass is 16.6. The van der Waals surface area contributed by atoms with Crippen molar-refractivity contribution >= 4 is 82.1 Å². The van der Waals surface area contributed by atoms with Gasteiger partial charge in [0, 0.05) is 94.3 Å². The normalized spacial score (nSPS) is 14.9. The Labute approximate surface area is 669 Å². The summed E-state index contributed by atoms with van der Waals surface area (Å²) in [5.74, 6) is -9.94. The second kappa shape index (κ2) is 52.5. The topological polar surface area (TPSA) is 425 Å². The van der Waals surface area contributed by atoms with Crippen molar-refractivity contribution in [3.63, 3.8) is 0 Å². The number of rotatable bonds is 60. The lowest BCUT2D eigenvalue weighted by Gasteiger charge is -2.25. The van der Waals surface area contributed by atoms with E-state index in [9.17, 15) is 62.3 Å². The van der Waals surface area contributed by atoms with Gasteiger partial charge >= 0.3 is 6.03 Å². The number of hydrogen-bond donors (Lipinski definition) is 9. The zero-order chi connectivity index (χ0) is 84.3. The molecule has 1 fully saturated rings. The Morgan fingerprint density at radius 3 is 1.56 bits per heavy atom. The minimum absolute atomic E-state index is 0.0159. The number of aliphatic hydroxyl groups excluding tert-OH is 1. The molecule has 636 valence electrons. The summed E-state index contributed by atoms with van der Waals surface area (Å²) in [7, 11) is 0. The average Bonchev–Trinajstić information content (AvgIpc) is 1.67. The van der Waals surface area contributed by atoms with Gasteiger partial charge in [-0.25, -0.2) is 4.79 Å². The molecule has 2 aromatic carbocycles. The molecular weight excluding hydrogens is 1450 g/mol. The molecule has 1 saturated heterocycles. The first-order valence-corrected chi connectivity index (χ1v) is 40.2. The van der Waals surface area contributed by atoms with Crippen molar-refractivity contribution < 1.29 is 95.9 Å². The van der Waals surface area contributed by atoms with E-state index in [-0.39, 0.29) is 222 Å². The monoisotopic (exact) mass is 1590 g/mol. The Balaban J connectivity index is 1.84. The number of unbranched alkanes of at least 4 members (excludes halogenated alkanes) is 1. The number of ketones is 4. The summed E-state index contributed by atoms with van der Waals surface area (Å²) in [4.78, 5) is 178. The fourth-order valence-corrected chi connectivity index (χ4v) is 13.0. The van der Waals surface area contributed by atoms with Crippen LogP contribution >= 0.6 is 0 Å². The molecule has 0 radical (unpaired) electrons. The number of imide groups is 1. The van der Waals surface area contributed by atoms with E-state index in [1.165, 1.54) is 4.90 Å². The molecule has 0 saturated carbocycles. The lowest BCUT2D eigenvalue weighted by molar-refractivity contribution is -0.141. The number of urea groups is 1. The van der Waals surface area contributed by atoms with E-state index < -0.39 is 113 Å². The summed E-state index contributed by atoms with van der Waals surface area (Å²) in [5.41, 5.74) is 13.9. The van der Waals surface area contributed by atoms with Gasteiger partial charge in [-0.3, -0.25) is 62.4 Å². The van der Waals surface area contributed by atoms with Crippen LogP contribution in [0.15, 0.2) is 48.5 Å². The highest BCUT2D eigenvalue weighted by molar-refractivity contribution is 6.04. The van der Waals surface area contributed by atoms with Gasteiger partial charge < -0.3 is 76.9 Å². The number of Topliss-reactive ketones (excluding diaryl/α,β-unsaturated/α-hetero) is 4. The SMILES string of the molecule is CC(C)[C@H](CC(=O)CC[C@H](NC(=O)CCOCCOCCOCCOCCN1C(=O)CC(C(C)(C)C)C1=O)C(=O)C[C@@H](CCC(=O)N[C@H](C(=O)C[C@@H](CCCNC(N)=O)C(=O)Nc1ccc(CC(C)(C)C)cc1)C(C)C)C(=O)NCCOCCOCCO)C(=O)N[C@@H](CCCCC(N)=O)C(=O)Cc1ccc(CC(C)(C)C)cc1. The number of likely N-dealkylation sites (tertiary alicyclic amines) is 1. The van der Waals surface area contributed by atoms with Crippen molar-refractivity contribution in [2.75, 3.05) is 111 Å². The lowest BCUT2D eigenvalue weighted by atomic mass is 9.80. The highest BCUT2D eigenvalue weighted by Gasteiger charge is 2.44. The van der Waals surface area contributed by atoms with Gasteiger partial charge in [-0.1, -0.05) is 133 Å². The molecule has 1 aliphatic heterocycles. The van der Waals surface area contributed by atoms with Crippen LogP contribution in [-0.2, 0) is 105 Å². The minimum atomic E-state index is -1.38. The zero-order valence-electron chi connectivity index (χ0n) is 69.7. The molecule has 1 aliphatic rings. The number of carbonyl (C=O) groups excluding carboxylic acids is 13. The van der Waals surface area contributed by atoms with Crippen LogP contribution in [0.3, 0.4) is 0 Å². The maximum absolute atomic E-state index is 14.9. The van der Waals surface area contributed by atoms with Crippen LogP contribution in [0.5, 0.6) is 0 Å². The van der Waals surface area contributed by atoms with Gasteiger partial charge in [-0.05, 0) is 108 Å². The second-order valence-corrected chi connectivity index (χ2v) is 33.6. The molecule has 7 atom stereocenters. The summed E-state index contributed by atoms with van der Waals surface area (Å²) in [6.07, 6.45) is 0.818. The Hall–Kier alpha value is -7.93. The van der Waals surface area contributed by atoms with Crippen molar-refractivity contribution in [1.82, 2.24) is 31.5 Å². The molecule has 0 spiro atoms. The Morgan fingerprint density at radius 1 is 0.496 bits per heavy atom. The molecule has 1 unspecified atom stereocenters. The van der Waals surface area contributed by atoms with Crippen LogP contribution in [0.4, 0.5) is 10.5 Å². The highest BCUT2D eigenvalue weighted by Crippen LogP contribution is 2.35. The third-order valence-corrected chi connectivity index (χ3v) is 19.2. The summed E-state index contributed by atoms with van der Waals surface area (Å²) in [5, 5.41) is 25.8. The van der Waals surface area contributed by atoms with Gasteiger partial charge in [-0.2, -0.15) is 0 Å². The Morgan fingerprint density at radius 2 is 1.02 bits per heavy atom. The molecule has 10 amide bonds. The number of nitrogens with one attached hydrogen (secondary N) is 6. The number of hydrogen-bond acceptors (Lipinski definition) is 20. The summed E-state index contributed by atoms with van der Waals surface area (Å²) < 4.78 is 33.4. The van der Waals surface area contributed by atoms with E-state index in [1.807, 2.05) is 57.2 Å². The number of anilines is 1. The Kier molecular flexibility index (Phi) is 46.1. The van der Waals surface area contributed by atoms with Crippen LogP contribution in [-0.4, -0.2) is 210 Å². The average molecular weight is 1590 g/mol. The van der Waals surface area contributed by atoms with E-state index in [0.717, 1.165) is 29.5 Å². The van der Waals surface area contributed by atoms with E-state index in [4.69, 9.17) is 45.0 Å². The van der Waals surface area contributed by atoms with Crippen molar-refractivity contribution in [3.8, 4) is 0 Å². The van der Waals surface area contributed by atoms with E-state index >= 15 is 0 Å². The molecule has 29 nitrogen and oxygen atoms in total. The van der Waals surface area contributed by atoms with Crippen LogP contribution in [0.25, 0.3) is 0 Å². The molecule has 3 rings (SSSR count). The number of primary amides is 2. The van der Waals surface area contributed by atoms with Crippen LogP contribution in [0.1, 0.15) is 203 Å². The molecule has 113 heavy (non-hydrogen) atoms. The first-order chi connectivity index (χ1) is 53.3. The molecule has 0 bridgehead atoms. The molecule has 2 aromatic rings. The smallest absolute Gasteiger partial charge is 0.312 e. The third-order valence-electron chi connectivity index (χ3n) is 19.2. The first-order valence-electron chi connectivity index (χ1n) is 40.2. The summed E-state index contributed by atoms with van der Waals surface area (Å²) in [6.45, 7) is 27.3. The van der Waals surface area contributed by atoms with Crippen molar-refractivity contribution in [2.45, 2.75) is 224 Å². The second-order valence-electron chi connectivity index (χ2n) is 33.6. The minimum Gasteiger partial charge on any atom is -0.394 e. The van der Waals surface area contributed by atoms with Crippen molar-refractivity contribution in [2.24, 2.45) is 63.2 Å². The molecule has 11 N–H and O–H groups in total. The number of aliphatic hydroxyl groups is 1. The van der Waals surface area contributed by atoms with Crippen LogP contribution in [0, 0.1) is 51.8 Å². The maximum Gasteiger partial charge on any atom is 0.312 e. The van der Waals surface area contributed by atoms with Gasteiger partial charge in [0.2, 0.25) is 47.3 Å². The van der Waals surface area contributed by atoms with Crippen molar-refractivity contribution in [3.05, 3.63) is 65.2 Å². The summed E-state index contributed by atoms with van der Waals surface area (Å²) in [6, 6.07) is 11.0. The van der Waals surface area contributed by atoms with Crippen LogP contribution < -0.4 is 43.4 Å². The standard InChI is InChI=1S/C84H135N9O20/c1-56(2)65(79(105)91-67(18-14-15-19-72(85)99)69(96)49-58-20-22-59(23-21-58)54-82(5,6)7)52-64(95)29-30-68(90-74(101)32-37-108-41-45-112-47-48-113-46-43-110-39-35-93-75(102)53-66(80(93)106)84(11,12)13)70(97)50-62(77(103)87-34-38-109-42-44-111-40-36-94)26-31-73(100)92-76(57(3)4)71(98)51-61(17-16-33-88-81(86)107)78(104)89-63-27-24-60(25-28-63)55-83(8,9)10/h20-25,27-28,56-57,61-62,65-68,76,94H,14-19,26,29-55H2,1-13H3,(H2,85,99)(H,87,103)(H,89,104)(H,90,101)(H,91,105)(H,92,100)(H3,86,88,107)/t61-,62-,65+,66?,67+,68+,76+/m1/s1. The van der Waals surface area contributed by atoms with Gasteiger partial charge in [0.1, 0.15) is 5.78 Å². The first kappa shape index (κ1) is 99.3. The molecular formula is C84H135N9O20. The van der Waals surface area contributed by atoms with Gasteiger partial charge in [-0.15, -0.1) is 0 Å². The van der Waals surface area contributed by atoms with Gasteiger partial charge in [0.25, 0.3) is 0 Å². The number of nitrogens with two attached hydrogens (primary N) is 2. The maximum atomic E-state index is 14.9. The van der Waals surface area contributed by atoms with E-state index in [0.29, 0.717) is 24.9 Å². The van der Waals surface area contributed by atoms with Crippen LogP contribution in [0.2, 0.25) is 0 Å². The van der Waals surface area contributed by atoms with E-state index in [1.54, 1.807) is 39.8 Å². The number of carbonyl (C=O) groups is 13. The van der Waals surface area contributed by atoms with Gasteiger partial charge in [0.05, 0.1) is 116 Å². The quantitative estimate of drug-likeness (QED) is 0.0234. The number of ether oxygens (including phenoxy) is 6. The molecule has 0 aliphatic carbocycles. The largest absolute Gasteiger partial charge is 0.394 e. The van der Waals surface area contributed by atoms with Crippen molar-refractivity contribution in [1.29, 1.82) is 0 Å². The number of amides is 10. The lowest BCUT2D eigenvalue weighted by Crippen LogP contribution is -2.46. The fourth-order valence-electron chi connectivity index (χ4n) is 13.0. The zero-order valence-corrected chi connectivity index (χ0v) is 69.7. The predicted octanol–water partition coefficient (Wildman–Crippen LogP) is 7.18. The fraction of sp³-hybridized carbons (Fsp3) is 0.702. The number of nitrogens with zero attached hydrogens (tertiary/aromatic N) is 1. The Bertz CT molecular complexity index is 3310. The third kappa shape index (κ3) is 42.8. The molecule has 29 heteroatoms. The van der Waals surface area contributed by atoms with Gasteiger partial charge in [0.15, 0.2) is 17.3 Å². The predicted molar refractivity (Wildman–Crippen MR) is 428 cm³/mol. The molecule has 0 aromatic heterocycles. The number of benzene rings is 2. The summed E-state index contributed by atoms with van der Waals surface area (Å²) >= 11 is 0.